The van der Waals surface area contributed by atoms with Crippen molar-refractivity contribution in [2.24, 2.45) is 0 Å². The molecule has 0 bridgehead atoms. The van der Waals surface area contributed by atoms with Crippen LogP contribution in [0.25, 0.3) is 0 Å². The second kappa shape index (κ2) is 4.00. The Labute approximate surface area is 89.1 Å². The molecule has 15 heavy (non-hydrogen) atoms. The van der Waals surface area contributed by atoms with Crippen LogP contribution in [-0.2, 0) is 11.8 Å². The van der Waals surface area contributed by atoms with Gasteiger partial charge in [0.2, 0.25) is 0 Å². The summed E-state index contributed by atoms with van der Waals surface area (Å²) in [4.78, 5) is 17.0. The molecule has 5 nitrogen and oxygen atoms in total. The van der Waals surface area contributed by atoms with Crippen LogP contribution in [-0.4, -0.2) is 22.0 Å². The normalized spacial score (nSPS) is 11.5. The predicted octanol–water partition coefficient (Wildman–Crippen LogP) is 0.557. The largest absolute Gasteiger partial charge is 0.412 e. The number of hydrogen-bond acceptors (Lipinski definition) is 4. The van der Waals surface area contributed by atoms with Gasteiger partial charge >= 0.3 is 5.56 Å². The molecule has 1 aromatic heterocycles. The van der Waals surface area contributed by atoms with Crippen molar-refractivity contribution in [1.82, 2.24) is 14.9 Å². The average Bonchev–Trinajstić information content (AvgIpc) is 2.15. The molecule has 0 radical (unpaired) electrons. The number of hydrogen-bond donors (Lipinski definition) is 0. The molecule has 1 aromatic rings. The molecule has 0 aliphatic carbocycles. The van der Waals surface area contributed by atoms with Crippen LogP contribution in [0.5, 0.6) is 0 Å². The molecule has 0 N–H and O–H groups in total. The van der Waals surface area contributed by atoms with E-state index in [1.54, 1.807) is 0 Å². The maximum atomic E-state index is 12.0. The maximum absolute atomic E-state index is 12.0. The van der Waals surface area contributed by atoms with Gasteiger partial charge in [0.25, 0.3) is 0 Å². The van der Waals surface area contributed by atoms with Crippen LogP contribution in [0.1, 0.15) is 39.2 Å². The zero-order valence-electron chi connectivity index (χ0n) is 9.87. The summed E-state index contributed by atoms with van der Waals surface area (Å²) >= 11 is 0. The summed E-state index contributed by atoms with van der Waals surface area (Å²) in [5, 5.41) is 7.95. The minimum absolute atomic E-state index is 0.225. The Kier molecular flexibility index (Phi) is 3.12. The van der Waals surface area contributed by atoms with E-state index in [0.717, 1.165) is 0 Å². The third-order valence-electron chi connectivity index (χ3n) is 2.10. The van der Waals surface area contributed by atoms with Gasteiger partial charge in [-0.1, -0.05) is 27.7 Å². The van der Waals surface area contributed by atoms with Gasteiger partial charge in [-0.3, -0.25) is 4.79 Å². The fraction of sp³-hybridized carbons (Fsp3) is 0.700. The second-order valence-corrected chi connectivity index (χ2v) is 4.35. The van der Waals surface area contributed by atoms with E-state index in [4.69, 9.17) is 4.84 Å². The van der Waals surface area contributed by atoms with Crippen LogP contribution in [0.4, 0.5) is 0 Å². The van der Waals surface area contributed by atoms with E-state index < -0.39 is 0 Å². The van der Waals surface area contributed by atoms with E-state index in [1.165, 1.54) is 11.8 Å². The quantitative estimate of drug-likeness (QED) is 0.717. The van der Waals surface area contributed by atoms with Gasteiger partial charge < -0.3 is 4.84 Å². The van der Waals surface area contributed by atoms with Crippen LogP contribution in [0.15, 0.2) is 4.79 Å². The van der Waals surface area contributed by atoms with Crippen LogP contribution in [0, 0.1) is 0 Å². The topological polar surface area (TPSA) is 57.0 Å². The summed E-state index contributed by atoms with van der Waals surface area (Å²) in [7, 11) is 1.45. The van der Waals surface area contributed by atoms with E-state index in [2.05, 4.69) is 10.2 Å². The summed E-state index contributed by atoms with van der Waals surface area (Å²) in [5.74, 6) is 0.538. The summed E-state index contributed by atoms with van der Waals surface area (Å²) in [6, 6.07) is 0. The van der Waals surface area contributed by atoms with Crippen LogP contribution >= 0.6 is 0 Å². The molecule has 0 unspecified atom stereocenters. The SMILES string of the molecule is CCc1nnc(C(C)(C)C)c(=O)n1OC. The molecule has 0 saturated carbocycles. The molecule has 0 spiro atoms. The van der Waals surface area contributed by atoms with Crippen molar-refractivity contribution in [3.8, 4) is 0 Å². The minimum Gasteiger partial charge on any atom is -0.412 e. The first-order chi connectivity index (χ1) is 6.91. The Morgan fingerprint density at radius 3 is 2.33 bits per heavy atom. The molecule has 0 aromatic carbocycles. The number of nitrogens with zero attached hydrogens (tertiary/aromatic N) is 3. The van der Waals surface area contributed by atoms with E-state index in [-0.39, 0.29) is 11.0 Å². The Balaban J connectivity index is 3.43. The molecular formula is C10H17N3O2. The van der Waals surface area contributed by atoms with Crippen molar-refractivity contribution in [2.75, 3.05) is 7.11 Å². The average molecular weight is 211 g/mol. The van der Waals surface area contributed by atoms with Crippen molar-refractivity contribution < 1.29 is 4.84 Å². The Morgan fingerprint density at radius 2 is 1.93 bits per heavy atom. The molecular weight excluding hydrogens is 194 g/mol. The lowest BCUT2D eigenvalue weighted by Crippen LogP contribution is -2.37. The number of rotatable bonds is 2. The van der Waals surface area contributed by atoms with Crippen molar-refractivity contribution in [3.05, 3.63) is 21.9 Å². The number of aromatic nitrogens is 3. The molecule has 0 saturated heterocycles. The van der Waals surface area contributed by atoms with Crippen molar-refractivity contribution in [1.29, 1.82) is 0 Å². The van der Waals surface area contributed by atoms with Gasteiger partial charge in [0.1, 0.15) is 12.8 Å². The molecule has 0 atom stereocenters. The smallest absolute Gasteiger partial charge is 0.308 e. The molecule has 1 rings (SSSR count). The predicted molar refractivity (Wildman–Crippen MR) is 56.9 cm³/mol. The number of aryl methyl sites for hydroxylation is 1. The summed E-state index contributed by atoms with van der Waals surface area (Å²) in [6.07, 6.45) is 0.612. The van der Waals surface area contributed by atoms with Crippen molar-refractivity contribution in [3.63, 3.8) is 0 Å². The van der Waals surface area contributed by atoms with Crippen molar-refractivity contribution >= 4 is 0 Å². The summed E-state index contributed by atoms with van der Waals surface area (Å²) < 4.78 is 1.20. The van der Waals surface area contributed by atoms with Gasteiger partial charge in [-0.05, 0) is 0 Å². The first kappa shape index (κ1) is 11.7. The minimum atomic E-state index is -0.323. The monoisotopic (exact) mass is 211 g/mol. The first-order valence-corrected chi connectivity index (χ1v) is 4.95. The van der Waals surface area contributed by atoms with E-state index in [1.807, 2.05) is 27.7 Å². The van der Waals surface area contributed by atoms with Gasteiger partial charge in [0.15, 0.2) is 5.82 Å². The second-order valence-electron chi connectivity index (χ2n) is 4.35. The molecule has 0 fully saturated rings. The third-order valence-corrected chi connectivity index (χ3v) is 2.10. The molecule has 0 aliphatic heterocycles. The van der Waals surface area contributed by atoms with E-state index >= 15 is 0 Å². The van der Waals surface area contributed by atoms with Gasteiger partial charge in [0, 0.05) is 11.8 Å². The van der Waals surface area contributed by atoms with Gasteiger partial charge in [-0.15, -0.1) is 14.9 Å². The summed E-state index contributed by atoms with van der Waals surface area (Å²) in [5.41, 5.74) is -0.130. The Bertz CT molecular complexity index is 404. The highest BCUT2D eigenvalue weighted by Gasteiger charge is 2.23. The third kappa shape index (κ3) is 2.16. The summed E-state index contributed by atoms with van der Waals surface area (Å²) in [6.45, 7) is 7.66. The lowest BCUT2D eigenvalue weighted by atomic mass is 9.93. The molecule has 0 aliphatic rings. The van der Waals surface area contributed by atoms with Crippen LogP contribution < -0.4 is 10.4 Å². The highest BCUT2D eigenvalue weighted by atomic mass is 16.7. The van der Waals surface area contributed by atoms with Crippen LogP contribution in [0.3, 0.4) is 0 Å². The Hall–Kier alpha value is -1.39. The van der Waals surface area contributed by atoms with Gasteiger partial charge in [0.05, 0.1) is 0 Å². The molecule has 1 heterocycles. The highest BCUT2D eigenvalue weighted by Crippen LogP contribution is 2.15. The van der Waals surface area contributed by atoms with Gasteiger partial charge in [-0.2, -0.15) is 0 Å². The molecule has 84 valence electrons. The van der Waals surface area contributed by atoms with Gasteiger partial charge in [-0.25, -0.2) is 0 Å². The zero-order chi connectivity index (χ0) is 11.6. The highest BCUT2D eigenvalue weighted by molar-refractivity contribution is 5.08. The van der Waals surface area contributed by atoms with E-state index in [0.29, 0.717) is 17.9 Å². The fourth-order valence-electron chi connectivity index (χ4n) is 1.28. The first-order valence-electron chi connectivity index (χ1n) is 4.95. The lowest BCUT2D eigenvalue weighted by Gasteiger charge is -2.17. The zero-order valence-corrected chi connectivity index (χ0v) is 9.87. The molecule has 5 heteroatoms. The standard InChI is InChI=1S/C10H17N3O2/c1-6-7-11-12-8(10(2,3)4)9(14)13(7)15-5/h6H2,1-5H3. The van der Waals surface area contributed by atoms with Crippen LogP contribution in [0.2, 0.25) is 0 Å². The maximum Gasteiger partial charge on any atom is 0.308 e. The fourth-order valence-corrected chi connectivity index (χ4v) is 1.28. The Morgan fingerprint density at radius 1 is 1.33 bits per heavy atom. The lowest BCUT2D eigenvalue weighted by molar-refractivity contribution is 0.140. The molecule has 0 amide bonds. The van der Waals surface area contributed by atoms with E-state index in [9.17, 15) is 4.79 Å². The van der Waals surface area contributed by atoms with Crippen molar-refractivity contribution in [2.45, 2.75) is 39.5 Å².